The van der Waals surface area contributed by atoms with E-state index >= 15 is 0 Å². The van der Waals surface area contributed by atoms with Crippen LogP contribution in [0.15, 0.2) is 60.7 Å². The molecule has 25 heavy (non-hydrogen) atoms. The third-order valence-electron chi connectivity index (χ3n) is 4.65. The van der Waals surface area contributed by atoms with Crippen LogP contribution >= 0.6 is 0 Å². The maximum Gasteiger partial charge on any atom is 0.230 e. The molecule has 0 spiro atoms. The second kappa shape index (κ2) is 6.48. The SMILES string of the molecule is O=C1NCCC[C@@H]1C(=O)c1cc(-c2ccccc2)nc2ccccc12. The number of fused-ring (bicyclic) bond motifs is 1. The van der Waals surface area contributed by atoms with Crippen molar-refractivity contribution in [3.05, 3.63) is 66.2 Å². The highest BCUT2D eigenvalue weighted by Crippen LogP contribution is 2.28. The van der Waals surface area contributed by atoms with Gasteiger partial charge in [0, 0.05) is 23.1 Å². The largest absolute Gasteiger partial charge is 0.355 e. The average Bonchev–Trinajstić information content (AvgIpc) is 2.67. The summed E-state index contributed by atoms with van der Waals surface area (Å²) in [6, 6.07) is 19.2. The van der Waals surface area contributed by atoms with Crippen LogP contribution in [0.1, 0.15) is 23.2 Å². The van der Waals surface area contributed by atoms with E-state index in [-0.39, 0.29) is 11.7 Å². The van der Waals surface area contributed by atoms with E-state index in [0.29, 0.717) is 18.5 Å². The molecule has 1 aliphatic rings. The summed E-state index contributed by atoms with van der Waals surface area (Å²) in [7, 11) is 0. The van der Waals surface area contributed by atoms with Crippen molar-refractivity contribution in [3.63, 3.8) is 0 Å². The van der Waals surface area contributed by atoms with Gasteiger partial charge in [-0.05, 0) is 25.0 Å². The molecule has 0 aliphatic carbocycles. The Hall–Kier alpha value is -3.01. The highest BCUT2D eigenvalue weighted by Gasteiger charge is 2.31. The Morgan fingerprint density at radius 2 is 1.80 bits per heavy atom. The lowest BCUT2D eigenvalue weighted by molar-refractivity contribution is -0.124. The predicted molar refractivity (Wildman–Crippen MR) is 97.2 cm³/mol. The zero-order valence-electron chi connectivity index (χ0n) is 13.7. The van der Waals surface area contributed by atoms with Crippen LogP contribution in [0.2, 0.25) is 0 Å². The van der Waals surface area contributed by atoms with Crippen LogP contribution in [-0.2, 0) is 4.79 Å². The Bertz CT molecular complexity index is 951. The first-order valence-electron chi connectivity index (χ1n) is 8.51. The molecule has 4 nitrogen and oxygen atoms in total. The summed E-state index contributed by atoms with van der Waals surface area (Å²) >= 11 is 0. The summed E-state index contributed by atoms with van der Waals surface area (Å²) < 4.78 is 0. The quantitative estimate of drug-likeness (QED) is 0.589. The number of Topliss-reactive ketones (excluding diaryl/α,β-unsaturated/α-hetero) is 1. The topological polar surface area (TPSA) is 59.1 Å². The molecule has 2 aromatic carbocycles. The van der Waals surface area contributed by atoms with Gasteiger partial charge in [0.2, 0.25) is 5.91 Å². The van der Waals surface area contributed by atoms with Gasteiger partial charge in [0.25, 0.3) is 0 Å². The number of ketones is 1. The van der Waals surface area contributed by atoms with Crippen molar-refractivity contribution in [1.29, 1.82) is 0 Å². The van der Waals surface area contributed by atoms with Crippen LogP contribution in [0, 0.1) is 5.92 Å². The number of benzene rings is 2. The number of nitrogens with zero attached hydrogens (tertiary/aromatic N) is 1. The van der Waals surface area contributed by atoms with Gasteiger partial charge in [0.1, 0.15) is 5.92 Å². The lowest BCUT2D eigenvalue weighted by Crippen LogP contribution is -2.40. The highest BCUT2D eigenvalue weighted by molar-refractivity contribution is 6.16. The smallest absolute Gasteiger partial charge is 0.230 e. The lowest BCUT2D eigenvalue weighted by atomic mass is 9.88. The molecule has 2 heterocycles. The summed E-state index contributed by atoms with van der Waals surface area (Å²) in [5.41, 5.74) is 3.05. The Labute approximate surface area is 145 Å². The number of carbonyl (C=O) groups is 2. The summed E-state index contributed by atoms with van der Waals surface area (Å²) in [4.78, 5) is 30.0. The molecule has 1 N–H and O–H groups in total. The van der Waals surface area contributed by atoms with Gasteiger partial charge in [0.15, 0.2) is 5.78 Å². The summed E-state index contributed by atoms with van der Waals surface area (Å²) in [6.45, 7) is 0.648. The minimum Gasteiger partial charge on any atom is -0.355 e. The molecule has 1 atom stereocenters. The number of aromatic nitrogens is 1. The Balaban J connectivity index is 1.87. The molecule has 1 saturated heterocycles. The zero-order chi connectivity index (χ0) is 17.2. The Morgan fingerprint density at radius 3 is 2.60 bits per heavy atom. The Morgan fingerprint density at radius 1 is 1.04 bits per heavy atom. The van der Waals surface area contributed by atoms with E-state index in [1.165, 1.54) is 0 Å². The molecular weight excluding hydrogens is 312 g/mol. The molecule has 4 heteroatoms. The van der Waals surface area contributed by atoms with E-state index < -0.39 is 5.92 Å². The van der Waals surface area contributed by atoms with Gasteiger partial charge in [-0.2, -0.15) is 0 Å². The molecule has 1 fully saturated rings. The normalized spacial score (nSPS) is 17.3. The summed E-state index contributed by atoms with van der Waals surface area (Å²) in [5, 5.41) is 3.60. The number of para-hydroxylation sites is 1. The van der Waals surface area contributed by atoms with Gasteiger partial charge in [-0.1, -0.05) is 48.5 Å². The molecule has 124 valence electrons. The summed E-state index contributed by atoms with van der Waals surface area (Å²) in [6.07, 6.45) is 1.43. The molecule has 3 aromatic rings. The van der Waals surface area contributed by atoms with E-state index in [2.05, 4.69) is 5.32 Å². The van der Waals surface area contributed by atoms with Crippen molar-refractivity contribution in [3.8, 4) is 11.3 Å². The minimum absolute atomic E-state index is 0.118. The fourth-order valence-corrected chi connectivity index (χ4v) is 3.35. The van der Waals surface area contributed by atoms with E-state index in [1.54, 1.807) is 0 Å². The molecule has 1 aromatic heterocycles. The van der Waals surface area contributed by atoms with Gasteiger partial charge < -0.3 is 5.32 Å². The molecule has 0 unspecified atom stereocenters. The second-order valence-electron chi connectivity index (χ2n) is 6.29. The number of hydrogen-bond donors (Lipinski definition) is 1. The van der Waals surface area contributed by atoms with Crippen molar-refractivity contribution >= 4 is 22.6 Å². The molecule has 4 rings (SSSR count). The third-order valence-corrected chi connectivity index (χ3v) is 4.65. The third kappa shape index (κ3) is 2.91. The standard InChI is InChI=1S/C21H18N2O2/c24-20(16-10-6-12-22-21(16)25)17-13-19(14-7-2-1-3-8-14)23-18-11-5-4-9-15(17)18/h1-5,7-9,11,13,16H,6,10,12H2,(H,22,25)/t16-/m1/s1. The number of rotatable bonds is 3. The van der Waals surface area contributed by atoms with Crippen molar-refractivity contribution in [2.45, 2.75) is 12.8 Å². The average molecular weight is 330 g/mol. The van der Waals surface area contributed by atoms with Crippen molar-refractivity contribution < 1.29 is 9.59 Å². The fraction of sp³-hybridized carbons (Fsp3) is 0.190. The molecule has 0 saturated carbocycles. The van der Waals surface area contributed by atoms with Crippen molar-refractivity contribution in [2.75, 3.05) is 6.54 Å². The minimum atomic E-state index is -0.608. The van der Waals surface area contributed by atoms with E-state index in [0.717, 1.165) is 28.6 Å². The van der Waals surface area contributed by atoms with Gasteiger partial charge in [-0.3, -0.25) is 9.59 Å². The highest BCUT2D eigenvalue weighted by atomic mass is 16.2. The monoisotopic (exact) mass is 330 g/mol. The van der Waals surface area contributed by atoms with Gasteiger partial charge >= 0.3 is 0 Å². The van der Waals surface area contributed by atoms with E-state index in [9.17, 15) is 9.59 Å². The molecule has 0 bridgehead atoms. The number of carbonyl (C=O) groups excluding carboxylic acids is 2. The Kier molecular flexibility index (Phi) is 4.02. The summed E-state index contributed by atoms with van der Waals surface area (Å²) in [5.74, 6) is -0.894. The van der Waals surface area contributed by atoms with Crippen LogP contribution in [0.4, 0.5) is 0 Å². The van der Waals surface area contributed by atoms with Crippen molar-refractivity contribution in [2.24, 2.45) is 5.92 Å². The second-order valence-corrected chi connectivity index (χ2v) is 6.29. The molecule has 1 amide bonds. The van der Waals surface area contributed by atoms with Crippen LogP contribution in [0.25, 0.3) is 22.2 Å². The van der Waals surface area contributed by atoms with Gasteiger partial charge in [-0.25, -0.2) is 4.98 Å². The van der Waals surface area contributed by atoms with Crippen LogP contribution in [0.5, 0.6) is 0 Å². The van der Waals surface area contributed by atoms with Gasteiger partial charge in [0.05, 0.1) is 11.2 Å². The van der Waals surface area contributed by atoms with E-state index in [4.69, 9.17) is 4.98 Å². The van der Waals surface area contributed by atoms with Gasteiger partial charge in [-0.15, -0.1) is 0 Å². The van der Waals surface area contributed by atoms with Crippen LogP contribution in [0.3, 0.4) is 0 Å². The number of pyridine rings is 1. The fourth-order valence-electron chi connectivity index (χ4n) is 3.35. The lowest BCUT2D eigenvalue weighted by Gasteiger charge is -2.21. The maximum absolute atomic E-state index is 13.1. The number of amides is 1. The molecule has 1 aliphatic heterocycles. The maximum atomic E-state index is 13.1. The first-order chi connectivity index (χ1) is 12.2. The first-order valence-corrected chi connectivity index (χ1v) is 8.51. The number of nitrogens with one attached hydrogen (secondary N) is 1. The first kappa shape index (κ1) is 15.5. The van der Waals surface area contributed by atoms with Crippen LogP contribution in [-0.4, -0.2) is 23.2 Å². The predicted octanol–water partition coefficient (Wildman–Crippen LogP) is 3.61. The van der Waals surface area contributed by atoms with Crippen LogP contribution < -0.4 is 5.32 Å². The molecule has 0 radical (unpaired) electrons. The van der Waals surface area contributed by atoms with Crippen molar-refractivity contribution in [1.82, 2.24) is 10.3 Å². The number of hydrogen-bond acceptors (Lipinski definition) is 3. The zero-order valence-corrected chi connectivity index (χ0v) is 13.7. The molecular formula is C21H18N2O2. The van der Waals surface area contributed by atoms with E-state index in [1.807, 2.05) is 60.7 Å². The number of piperidine rings is 1.